The van der Waals surface area contributed by atoms with Crippen LogP contribution in [0.5, 0.6) is 5.88 Å². The summed E-state index contributed by atoms with van der Waals surface area (Å²) in [4.78, 5) is 16.4. The molecular formula is C17H19N3O4S. The lowest BCUT2D eigenvalue weighted by molar-refractivity contribution is 0.0950. The molecule has 2 aromatic rings. The first-order chi connectivity index (χ1) is 12.0. The summed E-state index contributed by atoms with van der Waals surface area (Å²) in [6, 6.07) is 10.2. The van der Waals surface area contributed by atoms with Gasteiger partial charge in [-0.25, -0.2) is 13.4 Å². The molecule has 1 amide bonds. The molecule has 2 heterocycles. The summed E-state index contributed by atoms with van der Waals surface area (Å²) in [6.45, 7) is 0.771. The maximum atomic E-state index is 12.3. The van der Waals surface area contributed by atoms with Crippen LogP contribution in [-0.2, 0) is 16.6 Å². The van der Waals surface area contributed by atoms with Crippen LogP contribution in [0.15, 0.2) is 42.6 Å². The van der Waals surface area contributed by atoms with Gasteiger partial charge in [-0.1, -0.05) is 6.07 Å². The van der Waals surface area contributed by atoms with Crippen LogP contribution >= 0.6 is 0 Å². The predicted octanol–water partition coefficient (Wildman–Crippen LogP) is 1.56. The van der Waals surface area contributed by atoms with Gasteiger partial charge in [0.1, 0.15) is 0 Å². The highest BCUT2D eigenvalue weighted by Crippen LogP contribution is 2.24. The van der Waals surface area contributed by atoms with Crippen molar-refractivity contribution in [2.24, 2.45) is 0 Å². The van der Waals surface area contributed by atoms with Crippen LogP contribution < -0.4 is 14.4 Å². The molecule has 0 aliphatic carbocycles. The van der Waals surface area contributed by atoms with E-state index >= 15 is 0 Å². The third-order valence-corrected chi connectivity index (χ3v) is 5.87. The predicted molar refractivity (Wildman–Crippen MR) is 94.2 cm³/mol. The number of carbonyl (C=O) groups is 1. The van der Waals surface area contributed by atoms with Gasteiger partial charge < -0.3 is 10.1 Å². The van der Waals surface area contributed by atoms with Gasteiger partial charge in [-0.05, 0) is 36.8 Å². The Labute approximate surface area is 146 Å². The molecule has 8 heteroatoms. The second-order valence-corrected chi connectivity index (χ2v) is 7.66. The van der Waals surface area contributed by atoms with E-state index in [0.29, 0.717) is 30.1 Å². The van der Waals surface area contributed by atoms with Gasteiger partial charge >= 0.3 is 0 Å². The van der Waals surface area contributed by atoms with Gasteiger partial charge in [0.25, 0.3) is 5.91 Å². The third-order valence-electron chi connectivity index (χ3n) is 4.00. The van der Waals surface area contributed by atoms with Crippen molar-refractivity contribution >= 4 is 21.6 Å². The van der Waals surface area contributed by atoms with Crippen LogP contribution in [0.25, 0.3) is 0 Å². The van der Waals surface area contributed by atoms with Crippen molar-refractivity contribution in [3.63, 3.8) is 0 Å². The minimum Gasteiger partial charge on any atom is -0.481 e. The molecule has 0 bridgehead atoms. The van der Waals surface area contributed by atoms with E-state index in [1.165, 1.54) is 11.4 Å². The highest BCUT2D eigenvalue weighted by Gasteiger charge is 2.28. The highest BCUT2D eigenvalue weighted by atomic mass is 32.2. The fourth-order valence-corrected chi connectivity index (χ4v) is 4.29. The summed E-state index contributed by atoms with van der Waals surface area (Å²) >= 11 is 0. The number of methoxy groups -OCH3 is 1. The maximum absolute atomic E-state index is 12.3. The Balaban J connectivity index is 1.67. The minimum atomic E-state index is -3.22. The number of carbonyl (C=O) groups excluding carboxylic acids is 1. The average molecular weight is 361 g/mol. The quantitative estimate of drug-likeness (QED) is 0.873. The number of aromatic nitrogens is 1. The average Bonchev–Trinajstić information content (AvgIpc) is 2.99. The molecule has 0 saturated carbocycles. The van der Waals surface area contributed by atoms with Crippen molar-refractivity contribution in [1.29, 1.82) is 0 Å². The lowest BCUT2D eigenvalue weighted by atomic mass is 10.2. The Morgan fingerprint density at radius 3 is 2.68 bits per heavy atom. The third kappa shape index (κ3) is 3.74. The SMILES string of the molecule is COc1ncccc1CNC(=O)c1ccc(N2CCCS2(=O)=O)cc1. The van der Waals surface area contributed by atoms with Crippen molar-refractivity contribution < 1.29 is 17.9 Å². The Bertz CT molecular complexity index is 866. The zero-order valence-corrected chi connectivity index (χ0v) is 14.6. The number of anilines is 1. The first-order valence-electron chi connectivity index (χ1n) is 7.88. The molecule has 1 aliphatic rings. The van der Waals surface area contributed by atoms with Crippen LogP contribution in [0.4, 0.5) is 5.69 Å². The fourth-order valence-electron chi connectivity index (χ4n) is 2.73. The van der Waals surface area contributed by atoms with E-state index in [-0.39, 0.29) is 18.2 Å². The monoisotopic (exact) mass is 361 g/mol. The molecule has 0 unspecified atom stereocenters. The van der Waals surface area contributed by atoms with Gasteiger partial charge in [-0.2, -0.15) is 0 Å². The number of rotatable bonds is 5. The summed E-state index contributed by atoms with van der Waals surface area (Å²) in [7, 11) is -1.69. The molecule has 0 spiro atoms. The minimum absolute atomic E-state index is 0.169. The van der Waals surface area contributed by atoms with Crippen LogP contribution in [0.1, 0.15) is 22.3 Å². The van der Waals surface area contributed by atoms with Crippen molar-refractivity contribution in [2.45, 2.75) is 13.0 Å². The highest BCUT2D eigenvalue weighted by molar-refractivity contribution is 7.93. The van der Waals surface area contributed by atoms with Gasteiger partial charge in [0.05, 0.1) is 18.6 Å². The molecule has 1 N–H and O–H groups in total. The largest absolute Gasteiger partial charge is 0.481 e. The van der Waals surface area contributed by atoms with Crippen molar-refractivity contribution in [3.05, 3.63) is 53.7 Å². The second kappa shape index (κ2) is 7.10. The Morgan fingerprint density at radius 1 is 1.28 bits per heavy atom. The molecule has 1 saturated heterocycles. The fraction of sp³-hybridized carbons (Fsp3) is 0.294. The number of amides is 1. The van der Waals surface area contributed by atoms with E-state index in [1.54, 1.807) is 36.5 Å². The Hall–Kier alpha value is -2.61. The van der Waals surface area contributed by atoms with Gasteiger partial charge in [-0.3, -0.25) is 9.10 Å². The molecule has 3 rings (SSSR count). The first kappa shape index (κ1) is 17.2. The maximum Gasteiger partial charge on any atom is 0.251 e. The standard InChI is InChI=1S/C17H19N3O4S/c1-24-17-14(4-2-9-18-17)12-19-16(21)13-5-7-15(8-6-13)20-10-3-11-25(20,22)23/h2,4-9H,3,10-12H2,1H3,(H,19,21). The van der Waals surface area contributed by atoms with Crippen LogP contribution in [0, 0.1) is 0 Å². The summed E-state index contributed by atoms with van der Waals surface area (Å²) in [6.07, 6.45) is 2.24. The molecule has 25 heavy (non-hydrogen) atoms. The summed E-state index contributed by atoms with van der Waals surface area (Å²) in [5.41, 5.74) is 1.82. The lowest BCUT2D eigenvalue weighted by Gasteiger charge is -2.17. The second-order valence-electron chi connectivity index (χ2n) is 5.64. The van der Waals surface area contributed by atoms with Crippen molar-refractivity contribution in [1.82, 2.24) is 10.3 Å². The first-order valence-corrected chi connectivity index (χ1v) is 9.49. The van der Waals surface area contributed by atoms with E-state index in [4.69, 9.17) is 4.74 Å². The van der Waals surface area contributed by atoms with E-state index in [0.717, 1.165) is 5.56 Å². The van der Waals surface area contributed by atoms with Gasteiger partial charge in [0.15, 0.2) is 0 Å². The van der Waals surface area contributed by atoms with Gasteiger partial charge in [0.2, 0.25) is 15.9 Å². The molecule has 1 aromatic carbocycles. The van der Waals surface area contributed by atoms with Gasteiger partial charge in [0, 0.05) is 30.4 Å². The van der Waals surface area contributed by atoms with Crippen molar-refractivity contribution in [3.8, 4) is 5.88 Å². The van der Waals surface area contributed by atoms with E-state index < -0.39 is 10.0 Å². The molecular weight excluding hydrogens is 342 g/mol. The molecule has 1 aromatic heterocycles. The summed E-state index contributed by atoms with van der Waals surface area (Å²) < 4.78 is 30.4. The van der Waals surface area contributed by atoms with Crippen LogP contribution in [0.3, 0.4) is 0 Å². The molecule has 0 atom stereocenters. The lowest BCUT2D eigenvalue weighted by Crippen LogP contribution is -2.26. The number of hydrogen-bond donors (Lipinski definition) is 1. The number of hydrogen-bond acceptors (Lipinski definition) is 5. The summed E-state index contributed by atoms with van der Waals surface area (Å²) in [5.74, 6) is 0.390. The zero-order chi connectivity index (χ0) is 17.9. The zero-order valence-electron chi connectivity index (χ0n) is 13.8. The number of nitrogens with zero attached hydrogens (tertiary/aromatic N) is 2. The Kier molecular flexibility index (Phi) is 4.89. The van der Waals surface area contributed by atoms with E-state index in [2.05, 4.69) is 10.3 Å². The van der Waals surface area contributed by atoms with Crippen LogP contribution in [-0.4, -0.2) is 38.7 Å². The molecule has 7 nitrogen and oxygen atoms in total. The molecule has 0 radical (unpaired) electrons. The number of sulfonamides is 1. The van der Waals surface area contributed by atoms with E-state index in [1.807, 2.05) is 6.07 Å². The van der Waals surface area contributed by atoms with Crippen molar-refractivity contribution in [2.75, 3.05) is 23.7 Å². The topological polar surface area (TPSA) is 88.6 Å². The van der Waals surface area contributed by atoms with Gasteiger partial charge in [-0.15, -0.1) is 0 Å². The number of nitrogens with one attached hydrogen (secondary N) is 1. The number of pyridine rings is 1. The normalized spacial score (nSPS) is 15.8. The smallest absolute Gasteiger partial charge is 0.251 e. The summed E-state index contributed by atoms with van der Waals surface area (Å²) in [5, 5.41) is 2.80. The molecule has 1 fully saturated rings. The molecule has 132 valence electrons. The number of ether oxygens (including phenoxy) is 1. The molecule has 1 aliphatic heterocycles. The van der Waals surface area contributed by atoms with Crippen LogP contribution in [0.2, 0.25) is 0 Å². The van der Waals surface area contributed by atoms with E-state index in [9.17, 15) is 13.2 Å². The Morgan fingerprint density at radius 2 is 2.04 bits per heavy atom. The number of benzene rings is 1.